The van der Waals surface area contributed by atoms with E-state index in [-0.39, 0.29) is 12.1 Å². The fourth-order valence-corrected chi connectivity index (χ4v) is 5.16. The monoisotopic (exact) mass is 287 g/mol. The maximum absolute atomic E-state index is 11.2. The smallest absolute Gasteiger partial charge is 0.302 e. The molecule has 0 amide bonds. The SMILES string of the molecule is CC(=O)OC1CCC2=C3CCC4C=CCC4C3CNC2C1. The van der Waals surface area contributed by atoms with E-state index in [1.807, 2.05) is 0 Å². The molecule has 0 bridgehead atoms. The Morgan fingerprint density at radius 3 is 3.00 bits per heavy atom. The molecule has 0 aromatic carbocycles. The molecule has 0 saturated heterocycles. The molecule has 0 radical (unpaired) electrons. The Labute approximate surface area is 126 Å². The predicted molar refractivity (Wildman–Crippen MR) is 81.7 cm³/mol. The number of ether oxygens (including phenoxy) is 1. The molecule has 3 heteroatoms. The Morgan fingerprint density at radius 2 is 2.14 bits per heavy atom. The zero-order valence-corrected chi connectivity index (χ0v) is 12.8. The summed E-state index contributed by atoms with van der Waals surface area (Å²) in [6.07, 6.45) is 12.0. The van der Waals surface area contributed by atoms with Gasteiger partial charge in [0.15, 0.2) is 0 Å². The first kappa shape index (κ1) is 13.6. The third-order valence-electron chi connectivity index (χ3n) is 6.04. The van der Waals surface area contributed by atoms with Gasteiger partial charge in [-0.3, -0.25) is 4.79 Å². The lowest BCUT2D eigenvalue weighted by molar-refractivity contribution is -0.147. The lowest BCUT2D eigenvalue weighted by Crippen LogP contribution is -2.49. The van der Waals surface area contributed by atoms with E-state index in [0.717, 1.165) is 43.6 Å². The molecule has 1 heterocycles. The van der Waals surface area contributed by atoms with Gasteiger partial charge in [-0.25, -0.2) is 0 Å². The Hall–Kier alpha value is -1.09. The van der Waals surface area contributed by atoms with Gasteiger partial charge in [0.25, 0.3) is 0 Å². The van der Waals surface area contributed by atoms with E-state index in [9.17, 15) is 4.79 Å². The molecule has 0 aromatic heterocycles. The summed E-state index contributed by atoms with van der Waals surface area (Å²) < 4.78 is 5.43. The van der Waals surface area contributed by atoms with Crippen molar-refractivity contribution in [2.24, 2.45) is 17.8 Å². The van der Waals surface area contributed by atoms with Crippen LogP contribution in [0.4, 0.5) is 0 Å². The van der Waals surface area contributed by atoms with Gasteiger partial charge in [-0.15, -0.1) is 0 Å². The van der Waals surface area contributed by atoms with Crippen molar-refractivity contribution in [3.05, 3.63) is 23.3 Å². The van der Waals surface area contributed by atoms with Crippen LogP contribution in [0.5, 0.6) is 0 Å². The highest BCUT2D eigenvalue weighted by Crippen LogP contribution is 2.48. The molecule has 3 aliphatic carbocycles. The van der Waals surface area contributed by atoms with Crippen molar-refractivity contribution < 1.29 is 9.53 Å². The maximum atomic E-state index is 11.2. The van der Waals surface area contributed by atoms with Crippen LogP contribution in [0.25, 0.3) is 0 Å². The number of hydrogen-bond acceptors (Lipinski definition) is 3. The van der Waals surface area contributed by atoms with Gasteiger partial charge < -0.3 is 10.1 Å². The van der Waals surface area contributed by atoms with Crippen LogP contribution in [0.1, 0.15) is 45.4 Å². The largest absolute Gasteiger partial charge is 0.462 e. The van der Waals surface area contributed by atoms with Gasteiger partial charge in [-0.05, 0) is 49.9 Å². The molecule has 1 N–H and O–H groups in total. The molecule has 4 rings (SSSR count). The molecule has 2 fully saturated rings. The summed E-state index contributed by atoms with van der Waals surface area (Å²) in [4.78, 5) is 11.2. The average molecular weight is 287 g/mol. The zero-order valence-electron chi connectivity index (χ0n) is 12.8. The molecule has 1 aliphatic heterocycles. The molecule has 2 saturated carbocycles. The molecular formula is C18H25NO2. The first-order chi connectivity index (χ1) is 10.2. The molecule has 0 aromatic rings. The van der Waals surface area contributed by atoms with Crippen molar-refractivity contribution in [2.75, 3.05) is 6.54 Å². The fourth-order valence-electron chi connectivity index (χ4n) is 5.16. The van der Waals surface area contributed by atoms with E-state index in [2.05, 4.69) is 17.5 Å². The molecule has 5 atom stereocenters. The summed E-state index contributed by atoms with van der Waals surface area (Å²) in [5, 5.41) is 3.76. The van der Waals surface area contributed by atoms with Crippen LogP contribution in [-0.4, -0.2) is 24.7 Å². The number of esters is 1. The number of rotatable bonds is 1. The first-order valence-corrected chi connectivity index (χ1v) is 8.51. The number of fused-ring (bicyclic) bond motifs is 4. The zero-order chi connectivity index (χ0) is 14.4. The van der Waals surface area contributed by atoms with Crippen molar-refractivity contribution >= 4 is 5.97 Å². The Kier molecular flexibility index (Phi) is 3.41. The van der Waals surface area contributed by atoms with Crippen LogP contribution < -0.4 is 5.32 Å². The van der Waals surface area contributed by atoms with E-state index < -0.39 is 0 Å². The topological polar surface area (TPSA) is 38.3 Å². The van der Waals surface area contributed by atoms with Crippen LogP contribution in [-0.2, 0) is 9.53 Å². The van der Waals surface area contributed by atoms with Crippen molar-refractivity contribution in [1.29, 1.82) is 0 Å². The van der Waals surface area contributed by atoms with Gasteiger partial charge in [0, 0.05) is 25.9 Å². The lowest BCUT2D eigenvalue weighted by Gasteiger charge is -2.45. The summed E-state index contributed by atoms with van der Waals surface area (Å²) in [6, 6.07) is 0.459. The lowest BCUT2D eigenvalue weighted by atomic mass is 9.65. The molecule has 21 heavy (non-hydrogen) atoms. The van der Waals surface area contributed by atoms with Gasteiger partial charge in [-0.1, -0.05) is 23.3 Å². The summed E-state index contributed by atoms with van der Waals surface area (Å²) in [6.45, 7) is 2.64. The highest BCUT2D eigenvalue weighted by Gasteiger charge is 2.42. The number of carbonyl (C=O) groups is 1. The van der Waals surface area contributed by atoms with E-state index in [1.165, 1.54) is 26.2 Å². The number of allylic oxidation sites excluding steroid dienone is 2. The normalized spacial score (nSPS) is 41.3. The quantitative estimate of drug-likeness (QED) is 0.595. The predicted octanol–water partition coefficient (Wildman–Crippen LogP) is 2.97. The Balaban J connectivity index is 1.53. The van der Waals surface area contributed by atoms with Crippen molar-refractivity contribution in [2.45, 2.75) is 57.6 Å². The number of nitrogens with one attached hydrogen (secondary N) is 1. The molecule has 114 valence electrons. The maximum Gasteiger partial charge on any atom is 0.302 e. The fraction of sp³-hybridized carbons (Fsp3) is 0.722. The van der Waals surface area contributed by atoms with Gasteiger partial charge in [0.1, 0.15) is 6.10 Å². The van der Waals surface area contributed by atoms with Crippen molar-refractivity contribution in [3.63, 3.8) is 0 Å². The summed E-state index contributed by atoms with van der Waals surface area (Å²) >= 11 is 0. The standard InChI is InChI=1S/C18H25NO2/c1-11(20)21-13-6-8-16-15-7-5-12-3-2-4-14(12)17(15)10-19-18(16)9-13/h2-3,12-14,17-19H,4-10H2,1H3. The summed E-state index contributed by atoms with van der Waals surface area (Å²) in [5.74, 6) is 2.30. The van der Waals surface area contributed by atoms with Crippen LogP contribution in [0, 0.1) is 17.8 Å². The second-order valence-electron chi connectivity index (χ2n) is 7.15. The van der Waals surface area contributed by atoms with Crippen LogP contribution in [0.15, 0.2) is 23.3 Å². The third-order valence-corrected chi connectivity index (χ3v) is 6.04. The minimum Gasteiger partial charge on any atom is -0.462 e. The van der Waals surface area contributed by atoms with E-state index in [0.29, 0.717) is 6.04 Å². The van der Waals surface area contributed by atoms with E-state index >= 15 is 0 Å². The van der Waals surface area contributed by atoms with Crippen molar-refractivity contribution in [3.8, 4) is 0 Å². The third kappa shape index (κ3) is 2.36. The Morgan fingerprint density at radius 1 is 1.29 bits per heavy atom. The molecule has 3 nitrogen and oxygen atoms in total. The van der Waals surface area contributed by atoms with Gasteiger partial charge in [0.05, 0.1) is 0 Å². The Bertz CT molecular complexity index is 507. The van der Waals surface area contributed by atoms with Crippen LogP contribution >= 0.6 is 0 Å². The highest BCUT2D eigenvalue weighted by molar-refractivity contribution is 5.66. The van der Waals surface area contributed by atoms with Gasteiger partial charge in [0.2, 0.25) is 0 Å². The van der Waals surface area contributed by atoms with E-state index in [1.54, 1.807) is 11.1 Å². The summed E-state index contributed by atoms with van der Waals surface area (Å²) in [7, 11) is 0. The number of carbonyl (C=O) groups excluding carboxylic acids is 1. The minimum absolute atomic E-state index is 0.116. The molecule has 5 unspecified atom stereocenters. The van der Waals surface area contributed by atoms with Gasteiger partial charge in [-0.2, -0.15) is 0 Å². The second kappa shape index (κ2) is 5.28. The second-order valence-corrected chi connectivity index (χ2v) is 7.15. The van der Waals surface area contributed by atoms with Gasteiger partial charge >= 0.3 is 5.97 Å². The first-order valence-electron chi connectivity index (χ1n) is 8.51. The molecular weight excluding hydrogens is 262 g/mol. The minimum atomic E-state index is -0.137. The number of hydrogen-bond donors (Lipinski definition) is 1. The van der Waals surface area contributed by atoms with E-state index in [4.69, 9.17) is 4.74 Å². The van der Waals surface area contributed by atoms with Crippen LogP contribution in [0.3, 0.4) is 0 Å². The molecule has 4 aliphatic rings. The summed E-state index contributed by atoms with van der Waals surface area (Å²) in [5.41, 5.74) is 3.44. The molecule has 0 spiro atoms. The van der Waals surface area contributed by atoms with Crippen molar-refractivity contribution in [1.82, 2.24) is 5.32 Å². The highest BCUT2D eigenvalue weighted by atomic mass is 16.5. The average Bonchev–Trinajstić information content (AvgIpc) is 2.94. The van der Waals surface area contributed by atoms with Crippen LogP contribution in [0.2, 0.25) is 0 Å².